The fraction of sp³-hybridized carbons (Fsp3) is 0.500. The Morgan fingerprint density at radius 2 is 1.38 bits per heavy atom. The molecule has 3 heterocycles. The van der Waals surface area contributed by atoms with E-state index in [9.17, 15) is 50.8 Å². The second kappa shape index (κ2) is 14.3. The standard InChI is InChI=1S/C30H36O18/c1-41-12-5-4-10(6-11(12)33)25-28(21(37)17-13(44-25)7-14(42-2)26(43-3)20(17)36)48-30-24(40)27(19(35)16(9-32)46-30)47-29-23(39)22(38)18(34)15(8-31)45-29/h4-7,15-16,18-19,22-24,27,29-36,38-40H,8-9H2,1-3H3/t15-,16-,18+,19+,22+,23-,24-,27+,29+,30+/m1/s1. The van der Waals surface area contributed by atoms with Crippen molar-refractivity contribution >= 4 is 11.0 Å². The lowest BCUT2D eigenvalue weighted by atomic mass is 9.97. The van der Waals surface area contributed by atoms with Crippen molar-refractivity contribution in [1.82, 2.24) is 0 Å². The molecule has 0 radical (unpaired) electrons. The van der Waals surface area contributed by atoms with Crippen LogP contribution < -0.4 is 24.4 Å². The summed E-state index contributed by atoms with van der Waals surface area (Å²) in [5.41, 5.74) is -1.17. The minimum atomic E-state index is -2.03. The number of hydrogen-bond acceptors (Lipinski definition) is 18. The largest absolute Gasteiger partial charge is 0.504 e. The van der Waals surface area contributed by atoms with Gasteiger partial charge in [-0.3, -0.25) is 4.79 Å². The summed E-state index contributed by atoms with van der Waals surface area (Å²) < 4.78 is 43.9. The average Bonchev–Trinajstić information content (AvgIpc) is 3.08. The van der Waals surface area contributed by atoms with Crippen LogP contribution in [-0.2, 0) is 14.2 Å². The number of aromatic hydroxyl groups is 2. The van der Waals surface area contributed by atoms with Gasteiger partial charge in [0, 0.05) is 11.6 Å². The first kappa shape index (κ1) is 35.4. The summed E-state index contributed by atoms with van der Waals surface area (Å²) in [5.74, 6) is -2.21. The Labute approximate surface area is 271 Å². The van der Waals surface area contributed by atoms with Crippen molar-refractivity contribution in [3.8, 4) is 45.8 Å². The summed E-state index contributed by atoms with van der Waals surface area (Å²) in [5, 5.41) is 93.5. The number of hydrogen-bond donors (Lipinski definition) is 9. The Morgan fingerprint density at radius 3 is 1.98 bits per heavy atom. The van der Waals surface area contributed by atoms with E-state index in [4.69, 9.17) is 37.6 Å². The second-order valence-corrected chi connectivity index (χ2v) is 10.9. The van der Waals surface area contributed by atoms with Gasteiger partial charge in [-0.05, 0) is 18.2 Å². The van der Waals surface area contributed by atoms with E-state index in [0.717, 1.165) is 0 Å². The van der Waals surface area contributed by atoms with E-state index < -0.39 is 96.9 Å². The molecule has 9 N–H and O–H groups in total. The quantitative estimate of drug-likeness (QED) is 0.111. The fourth-order valence-electron chi connectivity index (χ4n) is 5.52. The minimum Gasteiger partial charge on any atom is -0.504 e. The van der Waals surface area contributed by atoms with Gasteiger partial charge in [-0.2, -0.15) is 0 Å². The molecule has 0 spiro atoms. The van der Waals surface area contributed by atoms with Crippen molar-refractivity contribution in [1.29, 1.82) is 0 Å². The Bertz CT molecular complexity index is 1660. The van der Waals surface area contributed by atoms with Crippen LogP contribution in [0.2, 0.25) is 0 Å². The Kier molecular flexibility index (Phi) is 10.5. The van der Waals surface area contributed by atoms with Gasteiger partial charge in [0.1, 0.15) is 59.8 Å². The van der Waals surface area contributed by atoms with Gasteiger partial charge in [-0.25, -0.2) is 0 Å². The Hall–Kier alpha value is -3.95. The van der Waals surface area contributed by atoms with E-state index in [-0.39, 0.29) is 39.9 Å². The summed E-state index contributed by atoms with van der Waals surface area (Å²) >= 11 is 0. The maximum absolute atomic E-state index is 14.1. The van der Waals surface area contributed by atoms with Crippen LogP contribution in [0.4, 0.5) is 0 Å². The predicted octanol–water partition coefficient (Wildman–Crippen LogP) is -2.10. The van der Waals surface area contributed by atoms with Crippen LogP contribution in [0.25, 0.3) is 22.3 Å². The van der Waals surface area contributed by atoms with Crippen LogP contribution >= 0.6 is 0 Å². The molecule has 2 saturated heterocycles. The van der Waals surface area contributed by atoms with Crippen molar-refractivity contribution in [2.24, 2.45) is 0 Å². The van der Waals surface area contributed by atoms with Gasteiger partial charge in [0.25, 0.3) is 0 Å². The average molecular weight is 685 g/mol. The van der Waals surface area contributed by atoms with Crippen molar-refractivity contribution < 1.29 is 83.5 Å². The minimum absolute atomic E-state index is 0.00171. The highest BCUT2D eigenvalue weighted by Crippen LogP contribution is 2.45. The molecule has 48 heavy (non-hydrogen) atoms. The summed E-state index contributed by atoms with van der Waals surface area (Å²) in [6.07, 6.45) is -17.8. The van der Waals surface area contributed by atoms with E-state index >= 15 is 0 Å². The number of fused-ring (bicyclic) bond motifs is 1. The van der Waals surface area contributed by atoms with Gasteiger partial charge >= 0.3 is 0 Å². The number of rotatable bonds is 10. The van der Waals surface area contributed by atoms with Crippen molar-refractivity contribution in [3.63, 3.8) is 0 Å². The monoisotopic (exact) mass is 684 g/mol. The molecule has 0 aliphatic carbocycles. The van der Waals surface area contributed by atoms with E-state index in [1.54, 1.807) is 0 Å². The second-order valence-electron chi connectivity index (χ2n) is 10.9. The molecule has 0 amide bonds. The molecule has 10 atom stereocenters. The van der Waals surface area contributed by atoms with Crippen LogP contribution in [0.15, 0.2) is 33.5 Å². The smallest absolute Gasteiger partial charge is 0.239 e. The first-order chi connectivity index (χ1) is 22.9. The first-order valence-electron chi connectivity index (χ1n) is 14.5. The van der Waals surface area contributed by atoms with Crippen molar-refractivity contribution in [3.05, 3.63) is 34.5 Å². The number of benzene rings is 2. The van der Waals surface area contributed by atoms with Gasteiger partial charge in [0.2, 0.25) is 23.2 Å². The number of methoxy groups -OCH3 is 3. The normalized spacial score (nSPS) is 30.6. The Balaban J connectivity index is 1.60. The number of aliphatic hydroxyl groups excluding tert-OH is 7. The molecule has 5 rings (SSSR count). The third kappa shape index (κ3) is 6.18. The molecule has 3 aromatic rings. The highest BCUT2D eigenvalue weighted by molar-refractivity contribution is 5.91. The molecular weight excluding hydrogens is 648 g/mol. The van der Waals surface area contributed by atoms with Crippen molar-refractivity contribution in [2.45, 2.75) is 61.4 Å². The molecule has 18 nitrogen and oxygen atoms in total. The molecule has 264 valence electrons. The van der Waals surface area contributed by atoms with Gasteiger partial charge < -0.3 is 83.5 Å². The van der Waals surface area contributed by atoms with E-state index in [1.807, 2.05) is 0 Å². The lowest BCUT2D eigenvalue weighted by Gasteiger charge is -2.45. The maximum atomic E-state index is 14.1. The van der Waals surface area contributed by atoms with Gasteiger partial charge in [0.05, 0.1) is 34.5 Å². The zero-order valence-corrected chi connectivity index (χ0v) is 25.7. The molecular formula is C30H36O18. The molecule has 2 aliphatic rings. The lowest BCUT2D eigenvalue weighted by molar-refractivity contribution is -0.352. The van der Waals surface area contributed by atoms with Crippen LogP contribution in [0.3, 0.4) is 0 Å². The highest BCUT2D eigenvalue weighted by Gasteiger charge is 2.51. The zero-order chi connectivity index (χ0) is 35.0. The third-order valence-corrected chi connectivity index (χ3v) is 8.10. The van der Waals surface area contributed by atoms with Crippen LogP contribution in [-0.4, -0.2) is 142 Å². The fourth-order valence-corrected chi connectivity index (χ4v) is 5.52. The van der Waals surface area contributed by atoms with E-state index in [1.165, 1.54) is 45.6 Å². The summed E-state index contributed by atoms with van der Waals surface area (Å²) in [7, 11) is 3.83. The molecule has 2 aliphatic heterocycles. The zero-order valence-electron chi connectivity index (χ0n) is 25.7. The molecule has 1 aromatic heterocycles. The van der Waals surface area contributed by atoms with Gasteiger partial charge in [0.15, 0.2) is 35.0 Å². The number of phenols is 2. The SMILES string of the molecule is COc1ccc(-c2oc3cc(OC)c(OC)c(O)c3c(=O)c2O[C@@H]2O[C@H](CO)[C@H](O)[C@H](O[C@@H]3O[C@H](CO)[C@H](O)[C@H](O)[C@H]3O)[C@H]2O)cc1O. The summed E-state index contributed by atoms with van der Waals surface area (Å²) in [6, 6.07) is 5.21. The maximum Gasteiger partial charge on any atom is 0.239 e. The molecule has 2 fully saturated rings. The molecule has 0 saturated carbocycles. The molecule has 0 unspecified atom stereocenters. The topological polar surface area (TPSA) is 277 Å². The number of ether oxygens (including phenoxy) is 7. The van der Waals surface area contributed by atoms with Gasteiger partial charge in [-0.1, -0.05) is 0 Å². The Morgan fingerprint density at radius 1 is 0.729 bits per heavy atom. The molecule has 18 heteroatoms. The molecule has 0 bridgehead atoms. The highest BCUT2D eigenvalue weighted by atomic mass is 16.7. The number of aliphatic hydroxyl groups is 7. The molecule has 2 aromatic carbocycles. The van der Waals surface area contributed by atoms with E-state index in [2.05, 4.69) is 0 Å². The summed E-state index contributed by atoms with van der Waals surface area (Å²) in [6.45, 7) is -1.66. The van der Waals surface area contributed by atoms with E-state index in [0.29, 0.717) is 0 Å². The third-order valence-electron chi connectivity index (χ3n) is 8.10. The summed E-state index contributed by atoms with van der Waals surface area (Å²) in [4.78, 5) is 14.1. The van der Waals surface area contributed by atoms with Gasteiger partial charge in [-0.15, -0.1) is 0 Å². The van der Waals surface area contributed by atoms with Crippen molar-refractivity contribution in [2.75, 3.05) is 34.5 Å². The van der Waals surface area contributed by atoms with Crippen LogP contribution in [0.1, 0.15) is 0 Å². The number of phenolic OH excluding ortho intramolecular Hbond substituents is 2. The predicted molar refractivity (Wildman–Crippen MR) is 158 cm³/mol. The van der Waals surface area contributed by atoms with Crippen LogP contribution in [0.5, 0.6) is 34.5 Å². The first-order valence-corrected chi connectivity index (χ1v) is 14.5. The van der Waals surface area contributed by atoms with Crippen LogP contribution in [0, 0.1) is 0 Å². The lowest BCUT2D eigenvalue weighted by Crippen LogP contribution is -2.65.